The number of carbonyl (C=O) groups excluding carboxylic acids is 1. The normalized spacial score (nSPS) is 19.0. The number of hydrogen-bond acceptors (Lipinski definition) is 2. The number of Topliss-reactive ketones (excluding diaryl/α,β-unsaturated/α-hetero) is 1. The van der Waals surface area contributed by atoms with E-state index in [-0.39, 0.29) is 11.2 Å². The Morgan fingerprint density at radius 3 is 2.43 bits per heavy atom. The van der Waals surface area contributed by atoms with E-state index in [1.807, 2.05) is 42.5 Å². The summed E-state index contributed by atoms with van der Waals surface area (Å²) in [5.74, 6) is 1.06. The minimum Gasteiger partial charge on any atom is -0.490 e. The van der Waals surface area contributed by atoms with Crippen molar-refractivity contribution in [2.45, 2.75) is 37.2 Å². The van der Waals surface area contributed by atoms with E-state index in [2.05, 4.69) is 12.1 Å². The second-order valence-electron chi connectivity index (χ2n) is 6.12. The van der Waals surface area contributed by atoms with E-state index >= 15 is 0 Å². The van der Waals surface area contributed by atoms with Crippen LogP contribution in [-0.4, -0.2) is 11.9 Å². The smallest absolute Gasteiger partial charge is 0.173 e. The van der Waals surface area contributed by atoms with Crippen molar-refractivity contribution in [3.63, 3.8) is 0 Å². The van der Waals surface area contributed by atoms with Crippen LogP contribution in [0.2, 0.25) is 0 Å². The number of rotatable bonds is 5. The van der Waals surface area contributed by atoms with Crippen LogP contribution in [0.5, 0.6) is 5.75 Å². The molecule has 2 nitrogen and oxygen atoms in total. The lowest BCUT2D eigenvalue weighted by molar-refractivity contribution is 0.0945. The molecule has 0 aromatic heterocycles. The lowest BCUT2D eigenvalue weighted by atomic mass is 9.87. The average Bonchev–Trinajstić information content (AvgIpc) is 3.43. The van der Waals surface area contributed by atoms with Crippen molar-refractivity contribution >= 4 is 5.78 Å². The molecule has 0 saturated heterocycles. The van der Waals surface area contributed by atoms with Crippen LogP contribution in [0.25, 0.3) is 0 Å². The maximum Gasteiger partial charge on any atom is 0.173 e. The summed E-state index contributed by atoms with van der Waals surface area (Å²) in [5, 5.41) is 0. The van der Waals surface area contributed by atoms with Crippen molar-refractivity contribution in [1.29, 1.82) is 0 Å². The van der Waals surface area contributed by atoms with Gasteiger partial charge in [0.2, 0.25) is 0 Å². The highest BCUT2D eigenvalue weighted by atomic mass is 16.5. The van der Waals surface area contributed by atoms with Crippen molar-refractivity contribution in [2.24, 2.45) is 0 Å². The summed E-state index contributed by atoms with van der Waals surface area (Å²) in [6, 6.07) is 17.8. The summed E-state index contributed by atoms with van der Waals surface area (Å²) in [7, 11) is 0. The summed E-state index contributed by atoms with van der Waals surface area (Å²) >= 11 is 0. The number of ether oxygens (including phenoxy) is 1. The molecule has 2 aromatic carbocycles. The van der Waals surface area contributed by atoms with E-state index in [0.29, 0.717) is 6.10 Å². The van der Waals surface area contributed by atoms with Crippen molar-refractivity contribution in [3.8, 4) is 5.75 Å². The fourth-order valence-electron chi connectivity index (χ4n) is 2.89. The number of ketones is 1. The molecule has 0 N–H and O–H groups in total. The van der Waals surface area contributed by atoms with E-state index in [9.17, 15) is 4.79 Å². The minimum atomic E-state index is -0.292. The van der Waals surface area contributed by atoms with Crippen LogP contribution in [0.4, 0.5) is 0 Å². The molecule has 2 fully saturated rings. The minimum absolute atomic E-state index is 0.231. The van der Waals surface area contributed by atoms with Crippen LogP contribution >= 0.6 is 0 Å². The molecule has 0 bridgehead atoms. The van der Waals surface area contributed by atoms with E-state index in [1.54, 1.807) is 0 Å². The van der Waals surface area contributed by atoms with Gasteiger partial charge >= 0.3 is 0 Å². The zero-order chi connectivity index (χ0) is 14.3. The van der Waals surface area contributed by atoms with Crippen molar-refractivity contribution in [3.05, 3.63) is 65.7 Å². The molecule has 0 heterocycles. The third-order valence-corrected chi connectivity index (χ3v) is 4.43. The summed E-state index contributed by atoms with van der Waals surface area (Å²) in [6.07, 6.45) is 4.52. The predicted octanol–water partition coefficient (Wildman–Crippen LogP) is 4.14. The first kappa shape index (κ1) is 12.6. The van der Waals surface area contributed by atoms with Crippen molar-refractivity contribution < 1.29 is 9.53 Å². The first-order valence-electron chi connectivity index (χ1n) is 7.65. The Balaban J connectivity index is 1.62. The maximum atomic E-state index is 12.9. The van der Waals surface area contributed by atoms with Gasteiger partial charge in [0, 0.05) is 5.56 Å². The Morgan fingerprint density at radius 2 is 1.76 bits per heavy atom. The molecule has 0 unspecified atom stereocenters. The molecule has 2 aliphatic rings. The van der Waals surface area contributed by atoms with Crippen molar-refractivity contribution in [1.82, 2.24) is 0 Å². The molecule has 0 atom stereocenters. The largest absolute Gasteiger partial charge is 0.490 e. The molecule has 0 radical (unpaired) electrons. The Morgan fingerprint density at radius 1 is 1.00 bits per heavy atom. The molecule has 4 rings (SSSR count). The topological polar surface area (TPSA) is 26.3 Å². The maximum absolute atomic E-state index is 12.9. The van der Waals surface area contributed by atoms with Crippen LogP contribution < -0.4 is 4.74 Å². The SMILES string of the molecule is O=C(c1cccc(OC2CC2)c1)C1(c2ccccc2)CC1. The average molecular weight is 278 g/mol. The van der Waals surface area contributed by atoms with Crippen LogP contribution in [0.3, 0.4) is 0 Å². The molecule has 21 heavy (non-hydrogen) atoms. The van der Waals surface area contributed by atoms with Crippen LogP contribution in [0.15, 0.2) is 54.6 Å². The van der Waals surface area contributed by atoms with E-state index < -0.39 is 0 Å². The molecule has 2 heteroatoms. The summed E-state index contributed by atoms with van der Waals surface area (Å²) < 4.78 is 5.80. The van der Waals surface area contributed by atoms with Gasteiger partial charge in [0.05, 0.1) is 11.5 Å². The quantitative estimate of drug-likeness (QED) is 0.768. The van der Waals surface area contributed by atoms with Gasteiger partial charge in [0.1, 0.15) is 5.75 Å². The van der Waals surface area contributed by atoms with E-state index in [1.165, 1.54) is 0 Å². The second kappa shape index (κ2) is 4.73. The van der Waals surface area contributed by atoms with Gasteiger partial charge in [-0.05, 0) is 43.4 Å². The zero-order valence-corrected chi connectivity index (χ0v) is 11.9. The summed E-state index contributed by atoms with van der Waals surface area (Å²) in [6.45, 7) is 0. The molecule has 0 aliphatic heterocycles. The molecular weight excluding hydrogens is 260 g/mol. The predicted molar refractivity (Wildman–Crippen MR) is 81.8 cm³/mol. The molecule has 2 saturated carbocycles. The Hall–Kier alpha value is -2.09. The molecule has 106 valence electrons. The van der Waals surface area contributed by atoms with Gasteiger partial charge in [-0.1, -0.05) is 42.5 Å². The first-order valence-corrected chi connectivity index (χ1v) is 7.65. The molecule has 2 aliphatic carbocycles. The Kier molecular flexibility index (Phi) is 2.85. The number of hydrogen-bond donors (Lipinski definition) is 0. The Bertz CT molecular complexity index is 667. The van der Waals surface area contributed by atoms with Crippen LogP contribution in [0.1, 0.15) is 41.6 Å². The standard InChI is InChI=1S/C19H18O2/c20-18(19(11-12-19)15-6-2-1-3-7-15)14-5-4-8-17(13-14)21-16-9-10-16/h1-8,13,16H,9-12H2. The van der Waals surface area contributed by atoms with E-state index in [0.717, 1.165) is 42.6 Å². The molecular formula is C19H18O2. The summed E-state index contributed by atoms with van der Waals surface area (Å²) in [5.41, 5.74) is 1.62. The van der Waals surface area contributed by atoms with Gasteiger partial charge in [0.25, 0.3) is 0 Å². The lowest BCUT2D eigenvalue weighted by Crippen LogP contribution is -2.20. The second-order valence-corrected chi connectivity index (χ2v) is 6.12. The van der Waals surface area contributed by atoms with Crippen molar-refractivity contribution in [2.75, 3.05) is 0 Å². The first-order chi connectivity index (χ1) is 10.3. The van der Waals surface area contributed by atoms with Gasteiger partial charge in [-0.25, -0.2) is 0 Å². The Labute approximate surface area is 124 Å². The highest BCUT2D eigenvalue weighted by Gasteiger charge is 2.51. The van der Waals surface area contributed by atoms with Crippen LogP contribution in [0, 0.1) is 0 Å². The van der Waals surface area contributed by atoms with Crippen LogP contribution in [-0.2, 0) is 5.41 Å². The fraction of sp³-hybridized carbons (Fsp3) is 0.316. The summed E-state index contributed by atoms with van der Waals surface area (Å²) in [4.78, 5) is 12.9. The van der Waals surface area contributed by atoms with Gasteiger partial charge < -0.3 is 4.74 Å². The molecule has 0 amide bonds. The third kappa shape index (κ3) is 2.35. The monoisotopic (exact) mass is 278 g/mol. The third-order valence-electron chi connectivity index (χ3n) is 4.43. The van der Waals surface area contributed by atoms with Gasteiger partial charge in [-0.2, -0.15) is 0 Å². The zero-order valence-electron chi connectivity index (χ0n) is 11.9. The van der Waals surface area contributed by atoms with Gasteiger partial charge in [-0.3, -0.25) is 4.79 Å². The highest BCUT2D eigenvalue weighted by molar-refractivity contribution is 6.06. The highest BCUT2D eigenvalue weighted by Crippen LogP contribution is 2.50. The molecule has 2 aromatic rings. The number of carbonyl (C=O) groups is 1. The van der Waals surface area contributed by atoms with Gasteiger partial charge in [0.15, 0.2) is 5.78 Å². The number of benzene rings is 2. The van der Waals surface area contributed by atoms with E-state index in [4.69, 9.17) is 4.74 Å². The van der Waals surface area contributed by atoms with Gasteiger partial charge in [-0.15, -0.1) is 0 Å². The fourth-order valence-corrected chi connectivity index (χ4v) is 2.89. The molecule has 0 spiro atoms. The lowest BCUT2D eigenvalue weighted by Gasteiger charge is -2.15.